The Hall–Kier alpha value is -2.58. The molecule has 0 spiro atoms. The predicted octanol–water partition coefficient (Wildman–Crippen LogP) is 7.06. The standard InChI is InChI=1S/C26H36N2O2/c1-3-4-5-8-19-27-22-28-20-9-6-7-10-21-30-26-17-13-24(14-18-26)23-11-15-25(29-2)16-12-23/h11-18H,3-10,19-21H2,1-2H3. The zero-order valence-electron chi connectivity index (χ0n) is 18.6. The molecule has 0 atom stereocenters. The molecule has 0 amide bonds. The van der Waals surface area contributed by atoms with E-state index in [9.17, 15) is 0 Å². The predicted molar refractivity (Wildman–Crippen MR) is 126 cm³/mol. The normalized spacial score (nSPS) is 10.3. The summed E-state index contributed by atoms with van der Waals surface area (Å²) in [7, 11) is 1.68. The Morgan fingerprint density at radius 1 is 0.667 bits per heavy atom. The van der Waals surface area contributed by atoms with E-state index in [0.717, 1.165) is 56.9 Å². The fourth-order valence-electron chi connectivity index (χ4n) is 3.13. The second-order valence-electron chi connectivity index (χ2n) is 7.44. The lowest BCUT2D eigenvalue weighted by Crippen LogP contribution is -1.97. The summed E-state index contributed by atoms with van der Waals surface area (Å²) in [4.78, 5) is 8.46. The fraction of sp³-hybridized carbons (Fsp3) is 0.500. The molecule has 0 saturated heterocycles. The van der Waals surface area contributed by atoms with Crippen LogP contribution in [0.5, 0.6) is 11.5 Å². The fourth-order valence-corrected chi connectivity index (χ4v) is 3.13. The quantitative estimate of drug-likeness (QED) is 0.234. The minimum atomic E-state index is 0.754. The molecular formula is C26H36N2O2. The Morgan fingerprint density at radius 2 is 1.20 bits per heavy atom. The number of aliphatic imine (C=N–C) groups is 2. The molecule has 0 aromatic heterocycles. The van der Waals surface area contributed by atoms with Gasteiger partial charge in [-0.2, -0.15) is 0 Å². The van der Waals surface area contributed by atoms with Crippen molar-refractivity contribution in [3.8, 4) is 22.6 Å². The summed E-state index contributed by atoms with van der Waals surface area (Å²) < 4.78 is 11.1. The van der Waals surface area contributed by atoms with Crippen molar-refractivity contribution in [2.24, 2.45) is 9.98 Å². The molecule has 2 aromatic rings. The number of hydrogen-bond donors (Lipinski definition) is 0. The topological polar surface area (TPSA) is 43.2 Å². The van der Waals surface area contributed by atoms with Crippen LogP contribution in [0.1, 0.15) is 58.3 Å². The third kappa shape index (κ3) is 9.76. The van der Waals surface area contributed by atoms with Gasteiger partial charge in [-0.25, -0.2) is 9.98 Å². The highest BCUT2D eigenvalue weighted by atomic mass is 16.5. The smallest absolute Gasteiger partial charge is 0.119 e. The molecule has 30 heavy (non-hydrogen) atoms. The first-order chi connectivity index (χ1) is 14.8. The van der Waals surface area contributed by atoms with Crippen LogP contribution in [0.15, 0.2) is 58.5 Å². The molecule has 0 bridgehead atoms. The molecule has 0 aliphatic rings. The Kier molecular flexibility index (Phi) is 12.1. The average Bonchev–Trinajstić information content (AvgIpc) is 2.80. The summed E-state index contributed by atoms with van der Waals surface area (Å²) in [5, 5.41) is 0. The van der Waals surface area contributed by atoms with Gasteiger partial charge in [-0.15, -0.1) is 0 Å². The van der Waals surface area contributed by atoms with E-state index >= 15 is 0 Å². The van der Waals surface area contributed by atoms with Crippen molar-refractivity contribution < 1.29 is 9.47 Å². The largest absolute Gasteiger partial charge is 0.497 e. The lowest BCUT2D eigenvalue weighted by molar-refractivity contribution is 0.305. The van der Waals surface area contributed by atoms with E-state index in [1.165, 1.54) is 36.8 Å². The number of ether oxygens (including phenoxy) is 2. The minimum absolute atomic E-state index is 0.754. The number of hydrogen-bond acceptors (Lipinski definition) is 4. The van der Waals surface area contributed by atoms with Crippen molar-refractivity contribution in [3.63, 3.8) is 0 Å². The SMILES string of the molecule is CCCCCCN=C=NCCCCCCOc1ccc(-c2ccc(OC)cc2)cc1. The van der Waals surface area contributed by atoms with Gasteiger partial charge in [-0.05, 0) is 61.1 Å². The Morgan fingerprint density at radius 3 is 1.77 bits per heavy atom. The van der Waals surface area contributed by atoms with Gasteiger partial charge in [0.05, 0.1) is 19.7 Å². The van der Waals surface area contributed by atoms with Crippen LogP contribution < -0.4 is 9.47 Å². The van der Waals surface area contributed by atoms with Gasteiger partial charge in [-0.1, -0.05) is 56.9 Å². The van der Waals surface area contributed by atoms with Crippen LogP contribution in [0.25, 0.3) is 11.1 Å². The van der Waals surface area contributed by atoms with E-state index < -0.39 is 0 Å². The molecule has 0 unspecified atom stereocenters. The highest BCUT2D eigenvalue weighted by Crippen LogP contribution is 2.24. The van der Waals surface area contributed by atoms with Crippen LogP contribution in [-0.2, 0) is 0 Å². The van der Waals surface area contributed by atoms with E-state index in [0.29, 0.717) is 0 Å². The van der Waals surface area contributed by atoms with Crippen molar-refractivity contribution >= 4 is 6.01 Å². The average molecular weight is 409 g/mol. The molecule has 0 aliphatic carbocycles. The Balaban J connectivity index is 1.53. The van der Waals surface area contributed by atoms with Crippen molar-refractivity contribution in [1.29, 1.82) is 0 Å². The first-order valence-electron chi connectivity index (χ1n) is 11.3. The van der Waals surface area contributed by atoms with E-state index in [4.69, 9.17) is 9.47 Å². The number of rotatable bonds is 15. The minimum Gasteiger partial charge on any atom is -0.497 e. The summed E-state index contributed by atoms with van der Waals surface area (Å²) >= 11 is 0. The van der Waals surface area contributed by atoms with Crippen molar-refractivity contribution in [2.75, 3.05) is 26.8 Å². The van der Waals surface area contributed by atoms with Crippen LogP contribution in [0.3, 0.4) is 0 Å². The number of unbranched alkanes of at least 4 members (excludes halogenated alkanes) is 6. The molecule has 4 heteroatoms. The second-order valence-corrected chi connectivity index (χ2v) is 7.44. The highest BCUT2D eigenvalue weighted by Gasteiger charge is 2.00. The first-order valence-corrected chi connectivity index (χ1v) is 11.3. The van der Waals surface area contributed by atoms with Crippen molar-refractivity contribution in [1.82, 2.24) is 0 Å². The van der Waals surface area contributed by atoms with Gasteiger partial charge in [0.2, 0.25) is 0 Å². The van der Waals surface area contributed by atoms with Crippen molar-refractivity contribution in [2.45, 2.75) is 58.3 Å². The molecule has 2 rings (SSSR count). The molecule has 4 nitrogen and oxygen atoms in total. The summed E-state index contributed by atoms with van der Waals surface area (Å²) in [5.41, 5.74) is 2.35. The third-order valence-electron chi connectivity index (χ3n) is 4.98. The molecule has 2 aromatic carbocycles. The first kappa shape index (κ1) is 23.7. The molecule has 0 fully saturated rings. The van der Waals surface area contributed by atoms with Gasteiger partial charge >= 0.3 is 0 Å². The van der Waals surface area contributed by atoms with Gasteiger partial charge in [0, 0.05) is 13.1 Å². The van der Waals surface area contributed by atoms with Crippen LogP contribution in [0.2, 0.25) is 0 Å². The lowest BCUT2D eigenvalue weighted by Gasteiger charge is -2.08. The van der Waals surface area contributed by atoms with Crippen LogP contribution >= 0.6 is 0 Å². The third-order valence-corrected chi connectivity index (χ3v) is 4.98. The molecule has 0 aliphatic heterocycles. The van der Waals surface area contributed by atoms with Gasteiger partial charge in [0.15, 0.2) is 0 Å². The van der Waals surface area contributed by atoms with Crippen LogP contribution in [-0.4, -0.2) is 32.8 Å². The van der Waals surface area contributed by atoms with Gasteiger partial charge in [-0.3, -0.25) is 0 Å². The molecular weight excluding hydrogens is 372 g/mol. The number of benzene rings is 2. The Labute approximate surface area is 182 Å². The van der Waals surface area contributed by atoms with Gasteiger partial charge in [0.25, 0.3) is 0 Å². The Bertz CT molecular complexity index is 748. The summed E-state index contributed by atoms with van der Waals surface area (Å²) in [5.74, 6) is 1.79. The molecule has 162 valence electrons. The zero-order valence-corrected chi connectivity index (χ0v) is 18.6. The summed E-state index contributed by atoms with van der Waals surface area (Å²) in [6.45, 7) is 4.66. The van der Waals surface area contributed by atoms with E-state index in [2.05, 4.69) is 47.2 Å². The van der Waals surface area contributed by atoms with Gasteiger partial charge in [0.1, 0.15) is 11.5 Å². The second kappa shape index (κ2) is 15.3. The van der Waals surface area contributed by atoms with Crippen molar-refractivity contribution in [3.05, 3.63) is 48.5 Å². The monoisotopic (exact) mass is 408 g/mol. The maximum atomic E-state index is 5.86. The van der Waals surface area contributed by atoms with Crippen LogP contribution in [0, 0.1) is 0 Å². The lowest BCUT2D eigenvalue weighted by atomic mass is 10.1. The zero-order chi connectivity index (χ0) is 21.3. The summed E-state index contributed by atoms with van der Waals surface area (Å²) in [6.07, 6.45) is 9.46. The summed E-state index contributed by atoms with van der Waals surface area (Å²) in [6, 6.07) is 19.2. The van der Waals surface area contributed by atoms with E-state index in [1.807, 2.05) is 24.3 Å². The molecule has 0 N–H and O–H groups in total. The van der Waals surface area contributed by atoms with Gasteiger partial charge < -0.3 is 9.47 Å². The number of nitrogens with zero attached hydrogens (tertiary/aromatic N) is 2. The molecule has 0 saturated carbocycles. The molecule has 0 radical (unpaired) electrons. The van der Waals surface area contributed by atoms with Crippen LogP contribution in [0.4, 0.5) is 0 Å². The van der Waals surface area contributed by atoms with E-state index in [1.54, 1.807) is 7.11 Å². The maximum Gasteiger partial charge on any atom is 0.119 e. The van der Waals surface area contributed by atoms with E-state index in [-0.39, 0.29) is 0 Å². The number of methoxy groups -OCH3 is 1. The maximum absolute atomic E-state index is 5.86. The molecule has 0 heterocycles. The highest BCUT2D eigenvalue weighted by molar-refractivity contribution is 5.64.